The first-order chi connectivity index (χ1) is 23.8. The molecule has 10 rings (SSSR count). The van der Waals surface area contributed by atoms with Gasteiger partial charge in [-0.25, -0.2) is 4.98 Å². The summed E-state index contributed by atoms with van der Waals surface area (Å²) in [6.07, 6.45) is 0. The van der Waals surface area contributed by atoms with Crippen molar-refractivity contribution in [1.29, 1.82) is 0 Å². The minimum absolute atomic E-state index is 0.661. The zero-order chi connectivity index (χ0) is 31.6. The number of nitrogens with zero attached hydrogens (tertiary/aromatic N) is 2. The number of furan rings is 1. The van der Waals surface area contributed by atoms with Crippen LogP contribution in [0.3, 0.4) is 0 Å². The number of fused-ring (bicyclic) bond motifs is 7. The smallest absolute Gasteiger partial charge is 0.228 e. The number of hydrogen-bond acceptors (Lipinski definition) is 2. The minimum atomic E-state index is 0.661. The molecule has 0 N–H and O–H groups in total. The molecule has 0 aliphatic carbocycles. The molecule has 224 valence electrons. The summed E-state index contributed by atoms with van der Waals surface area (Å²) in [5.41, 5.74) is 13.0. The van der Waals surface area contributed by atoms with Gasteiger partial charge < -0.3 is 8.98 Å². The van der Waals surface area contributed by atoms with Crippen LogP contribution in [-0.4, -0.2) is 9.55 Å². The third-order valence-electron chi connectivity index (χ3n) is 9.59. The van der Waals surface area contributed by atoms with Crippen LogP contribution < -0.4 is 0 Å². The predicted molar refractivity (Wildman–Crippen MR) is 200 cm³/mol. The van der Waals surface area contributed by atoms with Crippen molar-refractivity contribution in [3.63, 3.8) is 0 Å². The van der Waals surface area contributed by atoms with Gasteiger partial charge in [-0.15, -0.1) is 0 Å². The Balaban J connectivity index is 1.25. The van der Waals surface area contributed by atoms with E-state index in [9.17, 15) is 0 Å². The van der Waals surface area contributed by atoms with Crippen molar-refractivity contribution in [2.75, 3.05) is 0 Å². The monoisotopic (exact) mass is 612 g/mol. The van der Waals surface area contributed by atoms with Crippen LogP contribution in [0.5, 0.6) is 0 Å². The Morgan fingerprint density at radius 3 is 1.69 bits per heavy atom. The highest BCUT2D eigenvalue weighted by Gasteiger charge is 2.19. The predicted octanol–water partition coefficient (Wildman–Crippen LogP) is 12.2. The van der Waals surface area contributed by atoms with Gasteiger partial charge in [-0.2, -0.15) is 0 Å². The van der Waals surface area contributed by atoms with Crippen LogP contribution in [0, 0.1) is 0 Å². The van der Waals surface area contributed by atoms with E-state index in [1.54, 1.807) is 0 Å². The highest BCUT2D eigenvalue weighted by Crippen LogP contribution is 2.42. The highest BCUT2D eigenvalue weighted by molar-refractivity contribution is 6.19. The summed E-state index contributed by atoms with van der Waals surface area (Å²) in [7, 11) is 0. The second kappa shape index (κ2) is 10.5. The number of hydrogen-bond donors (Lipinski definition) is 0. The Labute approximate surface area is 277 Å². The van der Waals surface area contributed by atoms with Crippen molar-refractivity contribution in [1.82, 2.24) is 9.55 Å². The molecule has 0 fully saturated rings. The summed E-state index contributed by atoms with van der Waals surface area (Å²) in [4.78, 5) is 4.95. The molecule has 0 saturated heterocycles. The molecule has 3 aromatic heterocycles. The first kappa shape index (κ1) is 26.7. The minimum Gasteiger partial charge on any atom is -0.438 e. The van der Waals surface area contributed by atoms with E-state index in [1.807, 2.05) is 18.2 Å². The summed E-state index contributed by atoms with van der Waals surface area (Å²) in [6, 6.07) is 60.5. The highest BCUT2D eigenvalue weighted by atomic mass is 16.3. The van der Waals surface area contributed by atoms with Crippen LogP contribution in [0.15, 0.2) is 174 Å². The molecule has 0 radical (unpaired) electrons. The molecule has 0 spiro atoms. The van der Waals surface area contributed by atoms with Gasteiger partial charge in [-0.1, -0.05) is 121 Å². The third kappa shape index (κ3) is 4.11. The third-order valence-corrected chi connectivity index (χ3v) is 9.59. The second-order valence-corrected chi connectivity index (χ2v) is 12.4. The molecule has 10 aromatic rings. The molecular weight excluding hydrogens is 585 g/mol. The van der Waals surface area contributed by atoms with Crippen LogP contribution >= 0.6 is 0 Å². The fraction of sp³-hybridized carbons (Fsp3) is 0. The van der Waals surface area contributed by atoms with E-state index < -0.39 is 0 Å². The summed E-state index contributed by atoms with van der Waals surface area (Å²) in [6.45, 7) is 0. The maximum absolute atomic E-state index is 6.32. The van der Waals surface area contributed by atoms with E-state index in [1.165, 1.54) is 44.1 Å². The first-order valence-corrected chi connectivity index (χ1v) is 16.3. The fourth-order valence-electron chi connectivity index (χ4n) is 7.40. The largest absolute Gasteiger partial charge is 0.438 e. The SMILES string of the molecule is c1ccc(-c2ccc3c(c2)c2cc(-c4ccccc4)ccc2n3-c2cccc(-c3c4ccccc4nc4oc5ccccc5c34)c2)cc1. The van der Waals surface area contributed by atoms with Gasteiger partial charge in [0.2, 0.25) is 5.71 Å². The number of para-hydroxylation sites is 2. The van der Waals surface area contributed by atoms with Gasteiger partial charge in [0.05, 0.1) is 21.9 Å². The lowest BCUT2D eigenvalue weighted by Gasteiger charge is -2.13. The van der Waals surface area contributed by atoms with Crippen molar-refractivity contribution in [2.24, 2.45) is 0 Å². The normalized spacial score (nSPS) is 11.8. The zero-order valence-corrected chi connectivity index (χ0v) is 26.0. The molecular formula is C45H28N2O. The van der Waals surface area contributed by atoms with Crippen LogP contribution in [0.25, 0.3) is 93.8 Å². The molecule has 0 aliphatic rings. The lowest BCUT2D eigenvalue weighted by Crippen LogP contribution is -1.95. The summed E-state index contributed by atoms with van der Waals surface area (Å²) in [5.74, 6) is 0. The van der Waals surface area contributed by atoms with E-state index in [2.05, 4.69) is 156 Å². The van der Waals surface area contributed by atoms with Gasteiger partial charge in [0.15, 0.2) is 0 Å². The van der Waals surface area contributed by atoms with Crippen LogP contribution in [0.1, 0.15) is 0 Å². The Morgan fingerprint density at radius 2 is 1.00 bits per heavy atom. The quantitative estimate of drug-likeness (QED) is 0.198. The summed E-state index contributed by atoms with van der Waals surface area (Å²) in [5, 5.41) is 5.68. The van der Waals surface area contributed by atoms with Crippen molar-refractivity contribution in [3.8, 4) is 39.1 Å². The van der Waals surface area contributed by atoms with Gasteiger partial charge in [0, 0.05) is 32.8 Å². The van der Waals surface area contributed by atoms with Gasteiger partial charge in [0.1, 0.15) is 5.58 Å². The molecule has 3 heterocycles. The number of aromatic nitrogens is 2. The van der Waals surface area contributed by atoms with Gasteiger partial charge >= 0.3 is 0 Å². The molecule has 48 heavy (non-hydrogen) atoms. The number of benzene rings is 7. The average molecular weight is 613 g/mol. The van der Waals surface area contributed by atoms with Gasteiger partial charge in [-0.05, 0) is 76.3 Å². The molecule has 0 saturated carbocycles. The van der Waals surface area contributed by atoms with Gasteiger partial charge in [-0.3, -0.25) is 0 Å². The number of rotatable bonds is 4. The van der Waals surface area contributed by atoms with Crippen molar-refractivity contribution >= 4 is 54.8 Å². The topological polar surface area (TPSA) is 31.0 Å². The lowest BCUT2D eigenvalue weighted by molar-refractivity contribution is 0.656. The molecule has 7 aromatic carbocycles. The molecule has 0 bridgehead atoms. The van der Waals surface area contributed by atoms with Gasteiger partial charge in [0.25, 0.3) is 0 Å². The van der Waals surface area contributed by atoms with Crippen molar-refractivity contribution < 1.29 is 4.42 Å². The van der Waals surface area contributed by atoms with E-state index in [0.717, 1.165) is 44.1 Å². The molecule has 3 heteroatoms. The second-order valence-electron chi connectivity index (χ2n) is 12.4. The van der Waals surface area contributed by atoms with E-state index in [-0.39, 0.29) is 0 Å². The molecule has 3 nitrogen and oxygen atoms in total. The van der Waals surface area contributed by atoms with E-state index in [4.69, 9.17) is 9.40 Å². The Morgan fingerprint density at radius 1 is 0.417 bits per heavy atom. The zero-order valence-electron chi connectivity index (χ0n) is 26.0. The maximum atomic E-state index is 6.32. The van der Waals surface area contributed by atoms with E-state index >= 15 is 0 Å². The summed E-state index contributed by atoms with van der Waals surface area (Å²) < 4.78 is 8.73. The molecule has 0 aliphatic heterocycles. The van der Waals surface area contributed by atoms with Crippen LogP contribution in [0.4, 0.5) is 0 Å². The van der Waals surface area contributed by atoms with Crippen LogP contribution in [-0.2, 0) is 0 Å². The Hall–Kier alpha value is -6.45. The molecule has 0 unspecified atom stereocenters. The fourth-order valence-corrected chi connectivity index (χ4v) is 7.40. The van der Waals surface area contributed by atoms with Crippen molar-refractivity contribution in [3.05, 3.63) is 170 Å². The van der Waals surface area contributed by atoms with Crippen LogP contribution in [0.2, 0.25) is 0 Å². The van der Waals surface area contributed by atoms with E-state index in [0.29, 0.717) is 5.71 Å². The average Bonchev–Trinajstić information content (AvgIpc) is 3.69. The standard InChI is InChI=1S/C45H28N2O/c1-3-12-29(13-4-1)31-22-24-40-37(27-31)38-28-32(30-14-5-2-6-15-30)23-25-41(38)47(40)34-17-11-16-33(26-34)43-35-18-7-9-20-39(35)46-45-44(43)36-19-8-10-21-42(36)48-45/h1-28H. The lowest BCUT2D eigenvalue weighted by atomic mass is 9.96. The maximum Gasteiger partial charge on any atom is 0.228 e. The van der Waals surface area contributed by atoms with Crippen molar-refractivity contribution in [2.45, 2.75) is 0 Å². The summed E-state index contributed by atoms with van der Waals surface area (Å²) >= 11 is 0. The Kier molecular flexibility index (Phi) is 5.87. The first-order valence-electron chi connectivity index (χ1n) is 16.3. The molecule has 0 amide bonds. The number of pyridine rings is 1. The Bertz CT molecular complexity index is 2730. The molecule has 0 atom stereocenters.